The topological polar surface area (TPSA) is 122 Å². The Hall–Kier alpha value is -3.17. The fourth-order valence-electron chi connectivity index (χ4n) is 2.93. The third kappa shape index (κ3) is 4.01. The molecule has 1 unspecified atom stereocenters. The first-order valence-corrected chi connectivity index (χ1v) is 9.01. The summed E-state index contributed by atoms with van der Waals surface area (Å²) in [6.45, 7) is 0.943. The minimum atomic E-state index is -1.45. The summed E-state index contributed by atoms with van der Waals surface area (Å²) < 4.78 is 0. The largest absolute Gasteiger partial charge is 0.325 e. The van der Waals surface area contributed by atoms with Crippen LogP contribution < -0.4 is 10.6 Å². The second-order valence-corrected chi connectivity index (χ2v) is 7.27. The van der Waals surface area contributed by atoms with Crippen molar-refractivity contribution in [2.45, 2.75) is 12.5 Å². The van der Waals surface area contributed by atoms with Gasteiger partial charge in [-0.15, -0.1) is 0 Å². The molecule has 1 fully saturated rings. The summed E-state index contributed by atoms with van der Waals surface area (Å²) in [6.07, 6.45) is 0. The number of hydrogen-bond donors (Lipinski definition) is 2. The fourth-order valence-corrected chi connectivity index (χ4v) is 3.53. The fraction of sp³-hybridized carbons (Fsp3) is 0.167. The molecule has 1 saturated heterocycles. The first-order valence-electron chi connectivity index (χ1n) is 8.26. The van der Waals surface area contributed by atoms with Crippen molar-refractivity contribution in [1.82, 2.24) is 10.2 Å². The highest BCUT2D eigenvalue weighted by molar-refractivity contribution is 6.35. The quantitative estimate of drug-likeness (QED) is 0.422. The molecule has 0 spiro atoms. The van der Waals surface area contributed by atoms with Crippen LogP contribution in [0.2, 0.25) is 10.0 Å². The van der Waals surface area contributed by atoms with E-state index in [1.807, 2.05) is 0 Å². The van der Waals surface area contributed by atoms with E-state index in [2.05, 4.69) is 10.6 Å². The number of nitrogens with one attached hydrogen (secondary N) is 2. The van der Waals surface area contributed by atoms with E-state index in [4.69, 9.17) is 23.2 Å². The third-order valence-corrected chi connectivity index (χ3v) is 4.96. The van der Waals surface area contributed by atoms with Crippen LogP contribution in [0.4, 0.5) is 16.2 Å². The van der Waals surface area contributed by atoms with E-state index in [0.29, 0.717) is 10.6 Å². The van der Waals surface area contributed by atoms with Crippen LogP contribution >= 0.6 is 23.2 Å². The number of amides is 4. The van der Waals surface area contributed by atoms with Gasteiger partial charge in [-0.2, -0.15) is 0 Å². The molecule has 1 aliphatic rings. The number of carbonyl (C=O) groups is 3. The molecule has 11 heteroatoms. The number of nitrogens with zero attached hydrogens (tertiary/aromatic N) is 2. The average molecular weight is 437 g/mol. The molecule has 4 amide bonds. The lowest BCUT2D eigenvalue weighted by Crippen LogP contribution is -2.42. The van der Waals surface area contributed by atoms with Crippen LogP contribution in [0.5, 0.6) is 0 Å². The molecule has 0 aliphatic carbocycles. The lowest BCUT2D eigenvalue weighted by atomic mass is 9.92. The molecule has 2 aromatic rings. The number of halogens is 2. The summed E-state index contributed by atoms with van der Waals surface area (Å²) in [6, 6.07) is 8.92. The zero-order chi connectivity index (χ0) is 21.3. The highest BCUT2D eigenvalue weighted by atomic mass is 35.5. The van der Waals surface area contributed by atoms with Crippen molar-refractivity contribution in [1.29, 1.82) is 0 Å². The maximum Gasteiger partial charge on any atom is 0.325 e. The first kappa shape index (κ1) is 20.6. The number of imide groups is 1. The van der Waals surface area contributed by atoms with Crippen molar-refractivity contribution in [3.63, 3.8) is 0 Å². The molecule has 2 N–H and O–H groups in total. The Balaban J connectivity index is 1.74. The first-order chi connectivity index (χ1) is 13.6. The summed E-state index contributed by atoms with van der Waals surface area (Å²) in [5.41, 5.74) is -0.948. The Bertz CT molecular complexity index is 1030. The average Bonchev–Trinajstić information content (AvgIpc) is 2.85. The van der Waals surface area contributed by atoms with Crippen LogP contribution in [0.1, 0.15) is 12.5 Å². The number of nitro groups is 1. The molecular formula is C18H14Cl2N4O5. The predicted octanol–water partition coefficient (Wildman–Crippen LogP) is 3.31. The molecule has 1 atom stereocenters. The minimum absolute atomic E-state index is 0.132. The molecule has 9 nitrogen and oxygen atoms in total. The molecule has 2 aromatic carbocycles. The summed E-state index contributed by atoms with van der Waals surface area (Å²) in [5, 5.41) is 16.3. The summed E-state index contributed by atoms with van der Waals surface area (Å²) in [7, 11) is 0. The monoisotopic (exact) mass is 436 g/mol. The van der Waals surface area contributed by atoms with Crippen LogP contribution in [0.25, 0.3) is 0 Å². The number of nitro benzene ring substituents is 1. The SMILES string of the molecule is CC1(c2ccc(Cl)cc2Cl)NC(=O)N(CC(=O)Nc2ccc([N+](=O)[O-])cc2)C1=O. The Labute approximate surface area is 174 Å². The summed E-state index contributed by atoms with van der Waals surface area (Å²) >= 11 is 12.1. The molecule has 0 bridgehead atoms. The van der Waals surface area contributed by atoms with Gasteiger partial charge in [0.2, 0.25) is 5.91 Å². The Morgan fingerprint density at radius 1 is 1.21 bits per heavy atom. The van der Waals surface area contributed by atoms with Crippen molar-refractivity contribution in [3.05, 3.63) is 68.2 Å². The summed E-state index contributed by atoms with van der Waals surface area (Å²) in [4.78, 5) is 48.4. The van der Waals surface area contributed by atoms with E-state index in [9.17, 15) is 24.5 Å². The van der Waals surface area contributed by atoms with Gasteiger partial charge in [0.25, 0.3) is 11.6 Å². The highest BCUT2D eigenvalue weighted by Gasteiger charge is 2.50. The Morgan fingerprint density at radius 2 is 1.86 bits per heavy atom. The normalized spacial score (nSPS) is 18.5. The summed E-state index contributed by atoms with van der Waals surface area (Å²) in [5.74, 6) is -1.29. The van der Waals surface area contributed by atoms with E-state index < -0.39 is 34.9 Å². The zero-order valence-electron chi connectivity index (χ0n) is 14.9. The number of carbonyl (C=O) groups excluding carboxylic acids is 3. The lowest BCUT2D eigenvalue weighted by Gasteiger charge is -2.23. The third-order valence-electron chi connectivity index (χ3n) is 4.41. The zero-order valence-corrected chi connectivity index (χ0v) is 16.5. The van der Waals surface area contributed by atoms with Crippen LogP contribution in [0.15, 0.2) is 42.5 Å². The van der Waals surface area contributed by atoms with E-state index in [0.717, 1.165) is 4.90 Å². The van der Waals surface area contributed by atoms with Crippen LogP contribution in [-0.4, -0.2) is 34.2 Å². The maximum absolute atomic E-state index is 12.9. The van der Waals surface area contributed by atoms with Gasteiger partial charge in [-0.1, -0.05) is 29.3 Å². The maximum atomic E-state index is 12.9. The Morgan fingerprint density at radius 3 is 2.45 bits per heavy atom. The second-order valence-electron chi connectivity index (χ2n) is 6.42. The highest BCUT2D eigenvalue weighted by Crippen LogP contribution is 2.34. The lowest BCUT2D eigenvalue weighted by molar-refractivity contribution is -0.384. The van der Waals surface area contributed by atoms with Crippen molar-refractivity contribution in [2.24, 2.45) is 0 Å². The van der Waals surface area contributed by atoms with E-state index in [-0.39, 0.29) is 16.4 Å². The van der Waals surface area contributed by atoms with Gasteiger partial charge < -0.3 is 10.6 Å². The number of rotatable bonds is 5. The molecule has 1 heterocycles. The van der Waals surface area contributed by atoms with Crippen LogP contribution in [0.3, 0.4) is 0 Å². The van der Waals surface area contributed by atoms with Crippen molar-refractivity contribution in [3.8, 4) is 0 Å². The Kier molecular flexibility index (Phi) is 5.45. The van der Waals surface area contributed by atoms with Gasteiger partial charge in [0.05, 0.1) is 4.92 Å². The molecule has 3 rings (SSSR count). The smallest absolute Gasteiger partial charge is 0.325 e. The van der Waals surface area contributed by atoms with E-state index in [1.165, 1.54) is 49.4 Å². The number of urea groups is 1. The number of benzene rings is 2. The molecule has 1 aliphatic heterocycles. The minimum Gasteiger partial charge on any atom is -0.325 e. The number of non-ortho nitro benzene ring substituents is 1. The number of hydrogen-bond acceptors (Lipinski definition) is 5. The molecule has 0 radical (unpaired) electrons. The van der Waals surface area contributed by atoms with Gasteiger partial charge >= 0.3 is 6.03 Å². The van der Waals surface area contributed by atoms with Gasteiger partial charge in [-0.25, -0.2) is 4.79 Å². The van der Waals surface area contributed by atoms with Gasteiger partial charge in [0, 0.05) is 33.4 Å². The van der Waals surface area contributed by atoms with Crippen molar-refractivity contribution < 1.29 is 19.3 Å². The van der Waals surface area contributed by atoms with E-state index in [1.54, 1.807) is 0 Å². The standard InChI is InChI=1S/C18H14Cl2N4O5/c1-18(13-7-2-10(19)8-14(13)20)16(26)23(17(27)22-18)9-15(25)21-11-3-5-12(6-4-11)24(28)29/h2-8H,9H2,1H3,(H,21,25)(H,22,27). The predicted molar refractivity (Wildman–Crippen MR) is 106 cm³/mol. The van der Waals surface area contributed by atoms with Crippen LogP contribution in [-0.2, 0) is 15.1 Å². The van der Waals surface area contributed by atoms with Crippen molar-refractivity contribution in [2.75, 3.05) is 11.9 Å². The van der Waals surface area contributed by atoms with Gasteiger partial charge in [-0.3, -0.25) is 24.6 Å². The van der Waals surface area contributed by atoms with Gasteiger partial charge in [0.1, 0.15) is 12.1 Å². The van der Waals surface area contributed by atoms with Crippen LogP contribution in [0, 0.1) is 10.1 Å². The van der Waals surface area contributed by atoms with E-state index >= 15 is 0 Å². The molecule has 0 saturated carbocycles. The molecule has 29 heavy (non-hydrogen) atoms. The van der Waals surface area contributed by atoms with Gasteiger partial charge in [0.15, 0.2) is 0 Å². The molecule has 150 valence electrons. The molecular weight excluding hydrogens is 423 g/mol. The number of anilines is 1. The second kappa shape index (κ2) is 7.69. The molecule has 0 aromatic heterocycles. The van der Waals surface area contributed by atoms with Crippen molar-refractivity contribution >= 4 is 52.4 Å². The van der Waals surface area contributed by atoms with Gasteiger partial charge in [-0.05, 0) is 31.2 Å².